The number of aromatic nitrogens is 1. The van der Waals surface area contributed by atoms with Crippen molar-refractivity contribution in [3.63, 3.8) is 0 Å². The predicted octanol–water partition coefficient (Wildman–Crippen LogP) is 7.48. The van der Waals surface area contributed by atoms with Gasteiger partial charge in [-0.05, 0) is 13.3 Å². The summed E-state index contributed by atoms with van der Waals surface area (Å²) in [6.45, 7) is 6.73. The maximum absolute atomic E-state index is 12.6. The summed E-state index contributed by atoms with van der Waals surface area (Å²) in [6.07, 6.45) is 20.9. The molecule has 0 aliphatic rings. The number of nitrogens with one attached hydrogen (secondary N) is 1. The molecular weight excluding hydrogens is 546 g/mol. The lowest BCUT2D eigenvalue weighted by molar-refractivity contribution is -0.701. The number of carbonyl (C=O) groups is 3. The van der Waals surface area contributed by atoms with Crippen LogP contribution >= 0.6 is 0 Å². The summed E-state index contributed by atoms with van der Waals surface area (Å²) in [5.41, 5.74) is 0.810. The molecule has 1 atom stereocenters. The number of amides is 3. The molecule has 1 N–H and O–H groups in total. The highest BCUT2D eigenvalue weighted by Crippen LogP contribution is 2.13. The fourth-order valence-corrected chi connectivity index (χ4v) is 4.94. The summed E-state index contributed by atoms with van der Waals surface area (Å²) >= 11 is 0. The summed E-state index contributed by atoms with van der Waals surface area (Å²) < 4.78 is 17.8. The Hall–Kier alpha value is -2.68. The molecule has 0 aliphatic heterocycles. The molecule has 1 aromatic rings. The zero-order valence-corrected chi connectivity index (χ0v) is 27.6. The van der Waals surface area contributed by atoms with E-state index in [0.717, 1.165) is 23.4 Å². The number of hydrogen-bond donors (Lipinski definition) is 1. The molecule has 1 aromatic heterocycles. The third-order valence-corrected chi connectivity index (χ3v) is 7.72. The molecule has 0 saturated carbocycles. The van der Waals surface area contributed by atoms with Gasteiger partial charge in [0.05, 0.1) is 0 Å². The maximum atomic E-state index is 12.6. The van der Waals surface area contributed by atoms with Gasteiger partial charge in [0.1, 0.15) is 32.4 Å². The van der Waals surface area contributed by atoms with Crippen molar-refractivity contribution in [1.29, 1.82) is 0 Å². The third-order valence-electron chi connectivity index (χ3n) is 7.72. The molecule has 9 nitrogen and oxygen atoms in total. The summed E-state index contributed by atoms with van der Waals surface area (Å²) in [7, 11) is 1.45. The van der Waals surface area contributed by atoms with Gasteiger partial charge >= 0.3 is 12.2 Å². The van der Waals surface area contributed by atoms with Crippen LogP contribution in [0.3, 0.4) is 0 Å². The van der Waals surface area contributed by atoms with E-state index in [1.54, 1.807) is 0 Å². The van der Waals surface area contributed by atoms with Gasteiger partial charge in [0.25, 0.3) is 0 Å². The molecule has 43 heavy (non-hydrogen) atoms. The number of alkyl carbamates (subject to hydrolysis) is 1. The molecule has 0 saturated heterocycles. The third kappa shape index (κ3) is 19.3. The molecule has 0 bridgehead atoms. The van der Waals surface area contributed by atoms with Crippen molar-refractivity contribution in [3.05, 3.63) is 30.1 Å². The fraction of sp³-hybridized carbons (Fsp3) is 0.765. The Labute approximate surface area is 261 Å². The molecule has 0 radical (unpaired) electrons. The molecule has 0 spiro atoms. The predicted molar refractivity (Wildman–Crippen MR) is 170 cm³/mol. The lowest BCUT2D eigenvalue weighted by Crippen LogP contribution is -2.43. The van der Waals surface area contributed by atoms with Crippen molar-refractivity contribution in [1.82, 2.24) is 10.2 Å². The van der Waals surface area contributed by atoms with Crippen molar-refractivity contribution < 1.29 is 33.2 Å². The minimum Gasteiger partial charge on any atom is -0.447 e. The fourth-order valence-electron chi connectivity index (χ4n) is 4.94. The highest BCUT2D eigenvalue weighted by molar-refractivity contribution is 5.90. The van der Waals surface area contributed by atoms with Crippen LogP contribution in [0.1, 0.15) is 129 Å². The first-order chi connectivity index (χ1) is 20.9. The van der Waals surface area contributed by atoms with Crippen LogP contribution in [0.25, 0.3) is 0 Å². The molecule has 0 aromatic carbocycles. The minimum atomic E-state index is -0.769. The minimum absolute atomic E-state index is 0.0663. The summed E-state index contributed by atoms with van der Waals surface area (Å²) in [4.78, 5) is 37.9. The van der Waals surface area contributed by atoms with E-state index in [9.17, 15) is 14.4 Å². The van der Waals surface area contributed by atoms with Crippen LogP contribution in [-0.4, -0.2) is 56.0 Å². The van der Waals surface area contributed by atoms with Gasteiger partial charge in [-0.1, -0.05) is 109 Å². The Morgan fingerprint density at radius 1 is 0.791 bits per heavy atom. The van der Waals surface area contributed by atoms with E-state index in [4.69, 9.17) is 14.2 Å². The lowest BCUT2D eigenvalue weighted by atomic mass is 10.0. The van der Waals surface area contributed by atoms with Crippen molar-refractivity contribution in [2.45, 2.75) is 143 Å². The number of pyridine rings is 1. The van der Waals surface area contributed by atoms with Crippen LogP contribution in [0.15, 0.2) is 24.4 Å². The lowest BCUT2D eigenvalue weighted by Gasteiger charge is -2.20. The molecule has 1 rings (SSSR count). The van der Waals surface area contributed by atoms with Gasteiger partial charge < -0.3 is 19.5 Å². The van der Waals surface area contributed by atoms with Crippen LogP contribution < -0.4 is 9.88 Å². The van der Waals surface area contributed by atoms with Gasteiger partial charge in [-0.25, -0.2) is 19.1 Å². The monoisotopic (exact) mass is 606 g/mol. The second-order valence-electron chi connectivity index (χ2n) is 11.3. The Morgan fingerprint density at radius 3 is 1.84 bits per heavy atom. The number of ether oxygens (including phenoxy) is 3. The first-order valence-electron chi connectivity index (χ1n) is 16.8. The number of rotatable bonds is 25. The van der Waals surface area contributed by atoms with Crippen molar-refractivity contribution in [2.24, 2.45) is 0 Å². The van der Waals surface area contributed by atoms with Crippen molar-refractivity contribution >= 4 is 18.1 Å². The van der Waals surface area contributed by atoms with Crippen LogP contribution in [0.4, 0.5) is 9.59 Å². The molecular formula is C34H60N3O6+. The average molecular weight is 607 g/mol. The van der Waals surface area contributed by atoms with Crippen LogP contribution in [0.5, 0.6) is 0 Å². The largest absolute Gasteiger partial charge is 0.447 e. The van der Waals surface area contributed by atoms with E-state index in [0.29, 0.717) is 13.1 Å². The quantitative estimate of drug-likeness (QED) is 0.0915. The second-order valence-corrected chi connectivity index (χ2v) is 11.3. The smallest absolute Gasteiger partial charge is 0.417 e. The highest BCUT2D eigenvalue weighted by Gasteiger charge is 2.25. The van der Waals surface area contributed by atoms with Gasteiger partial charge in [-0.3, -0.25) is 4.79 Å². The highest BCUT2D eigenvalue weighted by atomic mass is 16.6. The maximum Gasteiger partial charge on any atom is 0.417 e. The Bertz CT molecular complexity index is 881. The number of aryl methyl sites for hydroxylation is 1. The Balaban J connectivity index is 2.09. The van der Waals surface area contributed by atoms with Crippen LogP contribution in [-0.2, 0) is 32.1 Å². The normalized spacial score (nSPS) is 11.6. The number of carbonyl (C=O) groups excluding carboxylic acids is 3. The first-order valence-corrected chi connectivity index (χ1v) is 16.8. The summed E-state index contributed by atoms with van der Waals surface area (Å²) in [5.74, 6) is -0.421. The molecule has 0 aliphatic carbocycles. The van der Waals surface area contributed by atoms with Crippen LogP contribution in [0.2, 0.25) is 0 Å². The number of unbranched alkanes of at least 4 members (excludes halogenated alkanes) is 15. The second kappa shape index (κ2) is 25.8. The number of methoxy groups -OCH3 is 1. The summed E-state index contributed by atoms with van der Waals surface area (Å²) in [6, 6.07) is 5.61. The van der Waals surface area contributed by atoms with E-state index < -0.39 is 24.2 Å². The van der Waals surface area contributed by atoms with E-state index in [1.165, 1.54) is 104 Å². The number of nitrogens with zero attached hydrogens (tertiary/aromatic N) is 2. The van der Waals surface area contributed by atoms with E-state index in [-0.39, 0.29) is 19.8 Å². The molecule has 0 unspecified atom stereocenters. The molecule has 1 heterocycles. The van der Waals surface area contributed by atoms with E-state index >= 15 is 0 Å². The van der Waals surface area contributed by atoms with Crippen molar-refractivity contribution in [3.8, 4) is 0 Å². The van der Waals surface area contributed by atoms with Crippen molar-refractivity contribution in [2.75, 3.05) is 26.9 Å². The molecule has 9 heteroatoms. The Morgan fingerprint density at radius 2 is 1.33 bits per heavy atom. The Kier molecular flexibility index (Phi) is 23.0. The average Bonchev–Trinajstić information content (AvgIpc) is 3.01. The topological polar surface area (TPSA) is 98.0 Å². The van der Waals surface area contributed by atoms with Gasteiger partial charge in [0.15, 0.2) is 6.20 Å². The van der Waals surface area contributed by atoms with E-state index in [1.807, 2.05) is 35.9 Å². The number of imide groups is 1. The zero-order chi connectivity index (χ0) is 31.5. The SMILES string of the molecule is CCCCCCCCCCCCCCCCCCNC(=O)OC[C@H](COC(=O)N(Cc1cccc[n+]1CC)C(C)=O)OC. The van der Waals surface area contributed by atoms with Gasteiger partial charge in [0.2, 0.25) is 11.6 Å². The standard InChI is InChI=1S/C34H59N3O6/c1-5-7-8-9-10-11-12-13-14-15-16-17-18-19-20-22-25-35-33(39)42-28-32(41-4)29-43-34(40)37(30(3)38)27-31-24-21-23-26-36(31)6-2/h21,23-24,26,32H,5-20,22,25,27-29H2,1-4H3/p+1/t32-/m1/s1. The van der Waals surface area contributed by atoms with E-state index in [2.05, 4.69) is 12.2 Å². The first kappa shape index (κ1) is 38.3. The summed E-state index contributed by atoms with van der Waals surface area (Å²) in [5, 5.41) is 2.77. The van der Waals surface area contributed by atoms with Gasteiger partial charge in [-0.2, -0.15) is 0 Å². The molecule has 3 amide bonds. The number of hydrogen-bond acceptors (Lipinski definition) is 6. The van der Waals surface area contributed by atoms with Crippen LogP contribution in [0, 0.1) is 0 Å². The molecule has 0 fully saturated rings. The molecule has 246 valence electrons. The van der Waals surface area contributed by atoms with Gasteiger partial charge in [-0.15, -0.1) is 0 Å². The van der Waals surface area contributed by atoms with Gasteiger partial charge in [0, 0.05) is 32.7 Å². The zero-order valence-electron chi connectivity index (χ0n) is 27.6.